The number of nitrogens with one attached hydrogen (secondary N) is 1. The number of aryl methyl sites for hydroxylation is 2. The summed E-state index contributed by atoms with van der Waals surface area (Å²) in [6.45, 7) is 5.53. The Morgan fingerprint density at radius 2 is 2.24 bits per heavy atom. The second-order valence-corrected chi connectivity index (χ2v) is 3.98. The van der Waals surface area contributed by atoms with Crippen molar-refractivity contribution in [1.82, 2.24) is 9.55 Å². The summed E-state index contributed by atoms with van der Waals surface area (Å²) in [6.07, 6.45) is 3.76. The van der Waals surface area contributed by atoms with Crippen molar-refractivity contribution in [1.29, 1.82) is 0 Å². The third-order valence-corrected chi connectivity index (χ3v) is 2.80. The number of anilines is 1. The number of aromatic nitrogens is 2. The third-order valence-electron chi connectivity index (χ3n) is 2.80. The van der Waals surface area contributed by atoms with E-state index in [1.807, 2.05) is 25.3 Å². The molecule has 0 aliphatic carbocycles. The highest BCUT2D eigenvalue weighted by atomic mass is 16.3. The molecule has 0 fully saturated rings. The van der Waals surface area contributed by atoms with Gasteiger partial charge >= 0.3 is 0 Å². The first-order chi connectivity index (χ1) is 8.20. The molecule has 90 valence electrons. The maximum absolute atomic E-state index is 9.60. The highest BCUT2D eigenvalue weighted by Gasteiger charge is 2.02. The summed E-state index contributed by atoms with van der Waals surface area (Å²) >= 11 is 0. The van der Waals surface area contributed by atoms with Crippen molar-refractivity contribution in [3.05, 3.63) is 42.0 Å². The minimum absolute atomic E-state index is 0.314. The monoisotopic (exact) mass is 231 g/mol. The maximum atomic E-state index is 9.60. The van der Waals surface area contributed by atoms with Gasteiger partial charge in [0.1, 0.15) is 11.6 Å². The van der Waals surface area contributed by atoms with Crippen molar-refractivity contribution in [2.24, 2.45) is 0 Å². The molecule has 0 bridgehead atoms. The van der Waals surface area contributed by atoms with E-state index in [1.54, 1.807) is 12.3 Å². The van der Waals surface area contributed by atoms with Crippen LogP contribution in [0.25, 0.3) is 0 Å². The number of phenols is 1. The van der Waals surface area contributed by atoms with Crippen LogP contribution >= 0.6 is 0 Å². The first kappa shape index (κ1) is 11.5. The first-order valence-corrected chi connectivity index (χ1v) is 5.74. The Balaban J connectivity index is 2.05. The molecule has 1 aromatic carbocycles. The van der Waals surface area contributed by atoms with Crippen LogP contribution < -0.4 is 5.32 Å². The van der Waals surface area contributed by atoms with Gasteiger partial charge in [0, 0.05) is 30.7 Å². The lowest BCUT2D eigenvalue weighted by Crippen LogP contribution is -2.07. The molecule has 2 N–H and O–H groups in total. The minimum Gasteiger partial charge on any atom is -0.508 e. The van der Waals surface area contributed by atoms with E-state index in [1.165, 1.54) is 0 Å². The van der Waals surface area contributed by atoms with Gasteiger partial charge in [-0.25, -0.2) is 4.98 Å². The van der Waals surface area contributed by atoms with Crippen molar-refractivity contribution in [3.8, 4) is 5.75 Å². The van der Waals surface area contributed by atoms with E-state index >= 15 is 0 Å². The van der Waals surface area contributed by atoms with E-state index in [4.69, 9.17) is 0 Å². The summed E-state index contributed by atoms with van der Waals surface area (Å²) in [5, 5.41) is 12.8. The number of phenolic OH excluding ortho intramolecular Hbond substituents is 1. The second kappa shape index (κ2) is 4.91. The number of imidazole rings is 1. The van der Waals surface area contributed by atoms with Gasteiger partial charge in [-0.1, -0.05) is 6.07 Å². The molecule has 0 spiro atoms. The van der Waals surface area contributed by atoms with Crippen molar-refractivity contribution >= 4 is 5.69 Å². The number of aromatic hydroxyl groups is 1. The van der Waals surface area contributed by atoms with Gasteiger partial charge in [0.2, 0.25) is 0 Å². The Bertz CT molecular complexity index is 505. The predicted octanol–water partition coefficient (Wildman–Crippen LogP) is 2.53. The molecule has 0 aliphatic rings. The van der Waals surface area contributed by atoms with Crippen LogP contribution in [0.2, 0.25) is 0 Å². The molecule has 1 heterocycles. The summed E-state index contributed by atoms with van der Waals surface area (Å²) in [4.78, 5) is 4.28. The van der Waals surface area contributed by atoms with E-state index < -0.39 is 0 Å². The molecule has 0 aliphatic heterocycles. The van der Waals surface area contributed by atoms with E-state index in [0.717, 1.165) is 23.6 Å². The van der Waals surface area contributed by atoms with Crippen LogP contribution in [0.4, 0.5) is 5.69 Å². The standard InChI is InChI=1S/C13H17N3O/c1-3-16-7-6-14-13(16)9-15-11-5-4-10(2)12(17)8-11/h4-8,15,17H,3,9H2,1-2H3. The summed E-state index contributed by atoms with van der Waals surface area (Å²) in [5.74, 6) is 1.31. The summed E-state index contributed by atoms with van der Waals surface area (Å²) in [6, 6.07) is 5.58. The van der Waals surface area contributed by atoms with Crippen molar-refractivity contribution < 1.29 is 5.11 Å². The Kier molecular flexibility index (Phi) is 3.32. The van der Waals surface area contributed by atoms with Gasteiger partial charge in [0.15, 0.2) is 0 Å². The van der Waals surface area contributed by atoms with Crippen molar-refractivity contribution in [2.75, 3.05) is 5.32 Å². The van der Waals surface area contributed by atoms with Crippen LogP contribution in [0.15, 0.2) is 30.6 Å². The van der Waals surface area contributed by atoms with E-state index in [2.05, 4.69) is 21.8 Å². The Hall–Kier alpha value is -1.97. The van der Waals surface area contributed by atoms with Crippen LogP contribution in [0.3, 0.4) is 0 Å². The molecule has 17 heavy (non-hydrogen) atoms. The normalized spacial score (nSPS) is 10.5. The number of benzene rings is 1. The zero-order valence-corrected chi connectivity index (χ0v) is 10.1. The predicted molar refractivity (Wildman–Crippen MR) is 68.1 cm³/mol. The minimum atomic E-state index is 0.314. The molecule has 0 saturated carbocycles. The summed E-state index contributed by atoms with van der Waals surface area (Å²) in [5.41, 5.74) is 1.78. The lowest BCUT2D eigenvalue weighted by Gasteiger charge is -2.09. The number of nitrogens with zero attached hydrogens (tertiary/aromatic N) is 2. The first-order valence-electron chi connectivity index (χ1n) is 5.74. The zero-order chi connectivity index (χ0) is 12.3. The van der Waals surface area contributed by atoms with Gasteiger partial charge in [-0.05, 0) is 25.5 Å². The van der Waals surface area contributed by atoms with Gasteiger partial charge in [0.05, 0.1) is 6.54 Å². The Morgan fingerprint density at radius 3 is 2.94 bits per heavy atom. The highest BCUT2D eigenvalue weighted by Crippen LogP contribution is 2.21. The number of rotatable bonds is 4. The zero-order valence-electron chi connectivity index (χ0n) is 10.1. The molecule has 2 rings (SSSR count). The fourth-order valence-electron chi connectivity index (χ4n) is 1.70. The molecule has 0 radical (unpaired) electrons. The fraction of sp³-hybridized carbons (Fsp3) is 0.308. The average Bonchev–Trinajstić information content (AvgIpc) is 2.78. The largest absolute Gasteiger partial charge is 0.508 e. The van der Waals surface area contributed by atoms with Gasteiger partial charge in [-0.3, -0.25) is 0 Å². The van der Waals surface area contributed by atoms with E-state index in [-0.39, 0.29) is 0 Å². The van der Waals surface area contributed by atoms with Gasteiger partial charge < -0.3 is 15.0 Å². The maximum Gasteiger partial charge on any atom is 0.128 e. The van der Waals surface area contributed by atoms with Gasteiger partial charge in [-0.15, -0.1) is 0 Å². The highest BCUT2D eigenvalue weighted by molar-refractivity contribution is 5.50. The molecule has 0 atom stereocenters. The molecular weight excluding hydrogens is 214 g/mol. The van der Waals surface area contributed by atoms with Crippen LogP contribution in [0.1, 0.15) is 18.3 Å². The summed E-state index contributed by atoms with van der Waals surface area (Å²) < 4.78 is 2.08. The topological polar surface area (TPSA) is 50.1 Å². The SMILES string of the molecule is CCn1ccnc1CNc1ccc(C)c(O)c1. The van der Waals surface area contributed by atoms with Gasteiger partial charge in [-0.2, -0.15) is 0 Å². The number of hydrogen-bond donors (Lipinski definition) is 2. The van der Waals surface area contributed by atoms with Crippen LogP contribution in [0.5, 0.6) is 5.75 Å². The van der Waals surface area contributed by atoms with Crippen LogP contribution in [-0.4, -0.2) is 14.7 Å². The molecule has 4 nitrogen and oxygen atoms in total. The third kappa shape index (κ3) is 2.58. The summed E-state index contributed by atoms with van der Waals surface area (Å²) in [7, 11) is 0. The lowest BCUT2D eigenvalue weighted by molar-refractivity contribution is 0.471. The molecule has 0 saturated heterocycles. The number of hydrogen-bond acceptors (Lipinski definition) is 3. The lowest BCUT2D eigenvalue weighted by atomic mass is 10.2. The average molecular weight is 231 g/mol. The Morgan fingerprint density at radius 1 is 1.41 bits per heavy atom. The second-order valence-electron chi connectivity index (χ2n) is 3.98. The smallest absolute Gasteiger partial charge is 0.128 e. The van der Waals surface area contributed by atoms with Crippen molar-refractivity contribution in [3.63, 3.8) is 0 Å². The van der Waals surface area contributed by atoms with E-state index in [0.29, 0.717) is 12.3 Å². The quantitative estimate of drug-likeness (QED) is 0.850. The molecular formula is C13H17N3O. The van der Waals surface area contributed by atoms with Crippen LogP contribution in [0, 0.1) is 6.92 Å². The van der Waals surface area contributed by atoms with Gasteiger partial charge in [0.25, 0.3) is 0 Å². The molecule has 1 aromatic heterocycles. The molecule has 2 aromatic rings. The fourth-order valence-corrected chi connectivity index (χ4v) is 1.70. The Labute approximate surface area is 101 Å². The molecule has 4 heteroatoms. The van der Waals surface area contributed by atoms with Crippen LogP contribution in [-0.2, 0) is 13.1 Å². The molecule has 0 unspecified atom stereocenters. The van der Waals surface area contributed by atoms with Crippen molar-refractivity contribution in [2.45, 2.75) is 26.9 Å². The van der Waals surface area contributed by atoms with E-state index in [9.17, 15) is 5.11 Å². The molecule has 0 amide bonds.